The fourth-order valence-electron chi connectivity index (χ4n) is 3.90. The van der Waals surface area contributed by atoms with Crippen molar-refractivity contribution in [2.24, 2.45) is 0 Å². The molecule has 2 aromatic heterocycles. The highest BCUT2D eigenvalue weighted by Crippen LogP contribution is 2.35. The first-order valence-corrected chi connectivity index (χ1v) is 9.67. The Bertz CT molecular complexity index is 1090. The number of aromatic nitrogens is 3. The smallest absolute Gasteiger partial charge is 0.254 e. The van der Waals surface area contributed by atoms with Crippen LogP contribution in [0, 0.1) is 0 Å². The van der Waals surface area contributed by atoms with Crippen LogP contribution >= 0.6 is 23.2 Å². The maximum absolute atomic E-state index is 14.3. The molecule has 5 rings (SSSR count). The van der Waals surface area contributed by atoms with Gasteiger partial charge in [-0.25, -0.2) is 4.39 Å². The van der Waals surface area contributed by atoms with Gasteiger partial charge in [0.25, 0.3) is 5.91 Å². The van der Waals surface area contributed by atoms with Gasteiger partial charge < -0.3 is 9.42 Å². The molecule has 0 saturated heterocycles. The average Bonchev–Trinajstić information content (AvgIpc) is 3.23. The number of hydrogen-bond acceptors (Lipinski definition) is 4. The lowest BCUT2D eigenvalue weighted by Gasteiger charge is -2.27. The van der Waals surface area contributed by atoms with E-state index in [4.69, 9.17) is 27.7 Å². The third-order valence-electron chi connectivity index (χ3n) is 5.23. The van der Waals surface area contributed by atoms with Crippen LogP contribution in [0.1, 0.15) is 27.2 Å². The van der Waals surface area contributed by atoms with Crippen LogP contribution < -0.4 is 0 Å². The minimum atomic E-state index is -1.06. The van der Waals surface area contributed by atoms with Crippen LogP contribution in [0.5, 0.6) is 0 Å². The van der Waals surface area contributed by atoms with E-state index in [0.29, 0.717) is 40.8 Å². The number of rotatable bonds is 1. The molecule has 1 amide bonds. The molecule has 1 aromatic carbocycles. The summed E-state index contributed by atoms with van der Waals surface area (Å²) in [6, 6.07) is 4.85. The highest BCUT2D eigenvalue weighted by molar-refractivity contribution is 6.42. The van der Waals surface area contributed by atoms with Crippen LogP contribution in [0.15, 0.2) is 29.0 Å². The molecule has 0 bridgehead atoms. The SMILES string of the molecule is O=C(c1ccc(Cl)c(Cl)c1)N1CCc2nn3c(c2C1)-c1nocc1CC(F)C3. The number of halogens is 3. The van der Waals surface area contributed by atoms with Crippen molar-refractivity contribution in [3.63, 3.8) is 0 Å². The van der Waals surface area contributed by atoms with E-state index in [9.17, 15) is 9.18 Å². The Hall–Kier alpha value is -2.38. The monoisotopic (exact) mass is 420 g/mol. The van der Waals surface area contributed by atoms with Crippen molar-refractivity contribution in [2.75, 3.05) is 6.54 Å². The number of hydrogen-bond donors (Lipinski definition) is 0. The number of carbonyl (C=O) groups is 1. The molecule has 2 aliphatic rings. The summed E-state index contributed by atoms with van der Waals surface area (Å²) in [7, 11) is 0. The van der Waals surface area contributed by atoms with Gasteiger partial charge in [-0.2, -0.15) is 5.10 Å². The third-order valence-corrected chi connectivity index (χ3v) is 5.97. The van der Waals surface area contributed by atoms with Crippen LogP contribution in [0.2, 0.25) is 10.0 Å². The zero-order chi connectivity index (χ0) is 19.4. The highest BCUT2D eigenvalue weighted by Gasteiger charge is 2.33. The van der Waals surface area contributed by atoms with Gasteiger partial charge in [0.2, 0.25) is 0 Å². The summed E-state index contributed by atoms with van der Waals surface area (Å²) in [5, 5.41) is 9.42. The molecule has 1 unspecified atom stereocenters. The average molecular weight is 421 g/mol. The first-order valence-electron chi connectivity index (χ1n) is 8.92. The minimum absolute atomic E-state index is 0.137. The van der Waals surface area contributed by atoms with Crippen molar-refractivity contribution in [1.82, 2.24) is 19.8 Å². The van der Waals surface area contributed by atoms with E-state index >= 15 is 0 Å². The number of nitrogens with zero attached hydrogens (tertiary/aromatic N) is 4. The van der Waals surface area contributed by atoms with Crippen LogP contribution in [-0.4, -0.2) is 38.5 Å². The molecular weight excluding hydrogens is 406 g/mol. The molecule has 0 fully saturated rings. The number of fused-ring (bicyclic) bond motifs is 5. The predicted octanol–water partition coefficient (Wildman–Crippen LogP) is 3.94. The second-order valence-corrected chi connectivity index (χ2v) is 7.87. The Balaban J connectivity index is 1.52. The maximum Gasteiger partial charge on any atom is 0.254 e. The lowest BCUT2D eigenvalue weighted by Crippen LogP contribution is -2.36. The Labute approximate surface area is 169 Å². The van der Waals surface area contributed by atoms with Crippen molar-refractivity contribution >= 4 is 29.1 Å². The number of benzene rings is 1. The zero-order valence-electron chi connectivity index (χ0n) is 14.7. The number of alkyl halides is 1. The van der Waals surface area contributed by atoms with E-state index < -0.39 is 6.17 Å². The zero-order valence-corrected chi connectivity index (χ0v) is 16.2. The van der Waals surface area contributed by atoms with Gasteiger partial charge in [0.15, 0.2) is 0 Å². The van der Waals surface area contributed by atoms with Crippen LogP contribution in [-0.2, 0) is 25.9 Å². The predicted molar refractivity (Wildman–Crippen MR) is 101 cm³/mol. The molecule has 2 aliphatic heterocycles. The van der Waals surface area contributed by atoms with E-state index in [2.05, 4.69) is 10.3 Å². The van der Waals surface area contributed by atoms with Gasteiger partial charge in [-0.1, -0.05) is 28.4 Å². The van der Waals surface area contributed by atoms with Crippen molar-refractivity contribution in [3.8, 4) is 11.4 Å². The van der Waals surface area contributed by atoms with Crippen molar-refractivity contribution in [3.05, 3.63) is 56.9 Å². The Kier molecular flexibility index (Phi) is 4.17. The largest absolute Gasteiger partial charge is 0.364 e. The van der Waals surface area contributed by atoms with Gasteiger partial charge >= 0.3 is 0 Å². The topological polar surface area (TPSA) is 64.2 Å². The number of carbonyl (C=O) groups excluding carboxylic acids is 1. The maximum atomic E-state index is 14.3. The summed E-state index contributed by atoms with van der Waals surface area (Å²) in [5.74, 6) is -0.137. The Morgan fingerprint density at radius 2 is 2.14 bits per heavy atom. The Morgan fingerprint density at radius 1 is 1.29 bits per heavy atom. The summed E-state index contributed by atoms with van der Waals surface area (Å²) in [5.41, 5.74) is 4.31. The van der Waals surface area contributed by atoms with Gasteiger partial charge in [-0.05, 0) is 18.2 Å². The second-order valence-electron chi connectivity index (χ2n) is 7.05. The lowest BCUT2D eigenvalue weighted by molar-refractivity contribution is 0.0734. The normalized spacial score (nSPS) is 18.2. The van der Waals surface area contributed by atoms with Gasteiger partial charge in [-0.15, -0.1) is 0 Å². The Morgan fingerprint density at radius 3 is 2.96 bits per heavy atom. The van der Waals surface area contributed by atoms with Gasteiger partial charge in [0.1, 0.15) is 18.1 Å². The first kappa shape index (κ1) is 17.7. The molecule has 0 N–H and O–H groups in total. The minimum Gasteiger partial charge on any atom is -0.364 e. The van der Waals surface area contributed by atoms with E-state index in [1.807, 2.05) is 0 Å². The van der Waals surface area contributed by atoms with Crippen LogP contribution in [0.3, 0.4) is 0 Å². The van der Waals surface area contributed by atoms with Crippen LogP contribution in [0.4, 0.5) is 4.39 Å². The van der Waals surface area contributed by atoms with Crippen molar-refractivity contribution < 1.29 is 13.7 Å². The fourth-order valence-corrected chi connectivity index (χ4v) is 4.19. The molecule has 144 valence electrons. The summed E-state index contributed by atoms with van der Waals surface area (Å²) in [4.78, 5) is 14.7. The summed E-state index contributed by atoms with van der Waals surface area (Å²) >= 11 is 12.0. The molecule has 9 heteroatoms. The molecule has 6 nitrogen and oxygen atoms in total. The van der Waals surface area contributed by atoms with E-state index in [0.717, 1.165) is 22.5 Å². The van der Waals surface area contributed by atoms with Crippen LogP contribution in [0.25, 0.3) is 11.4 Å². The quantitative estimate of drug-likeness (QED) is 0.597. The lowest BCUT2D eigenvalue weighted by atomic mass is 10.0. The second kappa shape index (κ2) is 6.60. The number of amides is 1. The molecule has 0 saturated carbocycles. The molecule has 0 spiro atoms. The van der Waals surface area contributed by atoms with Crippen molar-refractivity contribution in [2.45, 2.75) is 32.1 Å². The molecule has 0 aliphatic carbocycles. The first-order chi connectivity index (χ1) is 13.5. The molecule has 1 atom stereocenters. The third kappa shape index (κ3) is 2.81. The molecule has 4 heterocycles. The van der Waals surface area contributed by atoms with Gasteiger partial charge in [0.05, 0.1) is 34.5 Å². The van der Waals surface area contributed by atoms with Crippen molar-refractivity contribution in [1.29, 1.82) is 0 Å². The molecule has 28 heavy (non-hydrogen) atoms. The molecule has 3 aromatic rings. The van der Waals surface area contributed by atoms with Gasteiger partial charge in [0, 0.05) is 36.1 Å². The van der Waals surface area contributed by atoms with Gasteiger partial charge in [-0.3, -0.25) is 9.48 Å². The standard InChI is InChI=1S/C19H15Cl2FN4O2/c20-14-2-1-10(6-15(14)21)19(27)25-4-3-16-13(8-25)18-17-11(9-28-24-17)5-12(22)7-26(18)23-16/h1-2,6,9,12H,3-5,7-8H2. The molecule has 0 radical (unpaired) electrons. The molecular formula is C19H15Cl2FN4O2. The van der Waals surface area contributed by atoms with E-state index in [1.165, 1.54) is 6.26 Å². The summed E-state index contributed by atoms with van der Waals surface area (Å²) < 4.78 is 21.1. The van der Waals surface area contributed by atoms with E-state index in [1.54, 1.807) is 27.8 Å². The summed E-state index contributed by atoms with van der Waals surface area (Å²) in [6.45, 7) is 1.06. The fraction of sp³-hybridized carbons (Fsp3) is 0.316. The highest BCUT2D eigenvalue weighted by atomic mass is 35.5. The summed E-state index contributed by atoms with van der Waals surface area (Å²) in [6.07, 6.45) is 1.25. The van der Waals surface area contributed by atoms with E-state index in [-0.39, 0.29) is 18.9 Å².